The highest BCUT2D eigenvalue weighted by Gasteiger charge is 2.29. The molecule has 1 aliphatic heterocycles. The van der Waals surface area contributed by atoms with Crippen LogP contribution in [0.15, 0.2) is 60.7 Å². The summed E-state index contributed by atoms with van der Waals surface area (Å²) in [6, 6.07) is 20.4. The Hall–Kier alpha value is -3.54. The number of benzene rings is 2. The van der Waals surface area contributed by atoms with Gasteiger partial charge in [0.05, 0.1) is 23.6 Å². The second-order valence-corrected chi connectivity index (χ2v) is 8.46. The lowest BCUT2D eigenvalue weighted by Gasteiger charge is -2.36. The Morgan fingerprint density at radius 2 is 1.82 bits per heavy atom. The lowest BCUT2D eigenvalue weighted by atomic mass is 10.1. The number of carbonyl (C=O) groups is 1. The summed E-state index contributed by atoms with van der Waals surface area (Å²) in [6.45, 7) is 6.64. The van der Waals surface area contributed by atoms with E-state index in [4.69, 9.17) is 9.72 Å². The molecule has 2 heterocycles. The normalized spacial score (nSPS) is 13.1. The zero-order valence-corrected chi connectivity index (χ0v) is 19.7. The Balaban J connectivity index is 1.42. The van der Waals surface area contributed by atoms with Gasteiger partial charge in [0, 0.05) is 26.2 Å². The van der Waals surface area contributed by atoms with Gasteiger partial charge in [0.25, 0.3) is 0 Å². The van der Waals surface area contributed by atoms with Gasteiger partial charge < -0.3 is 19.9 Å². The predicted molar refractivity (Wildman–Crippen MR) is 134 cm³/mol. The molecule has 0 atom stereocenters. The molecule has 0 saturated heterocycles. The number of unbranched alkanes of at least 4 members (excludes halogenated alkanes) is 1. The van der Waals surface area contributed by atoms with Crippen molar-refractivity contribution in [1.82, 2.24) is 4.98 Å². The van der Waals surface area contributed by atoms with Gasteiger partial charge in [0.1, 0.15) is 18.2 Å². The molecule has 3 aromatic rings. The van der Waals surface area contributed by atoms with Gasteiger partial charge in [0.2, 0.25) is 5.91 Å². The first kappa shape index (κ1) is 22.6. The van der Waals surface area contributed by atoms with Crippen LogP contribution in [0.4, 0.5) is 17.2 Å². The maximum absolute atomic E-state index is 12.5. The van der Waals surface area contributed by atoms with E-state index in [0.717, 1.165) is 59.1 Å². The number of amides is 1. The van der Waals surface area contributed by atoms with Crippen LogP contribution in [0.25, 0.3) is 0 Å². The molecule has 0 saturated carbocycles. The molecule has 33 heavy (non-hydrogen) atoms. The predicted octanol–water partition coefficient (Wildman–Crippen LogP) is 5.16. The van der Waals surface area contributed by atoms with Crippen LogP contribution in [0, 0.1) is 6.92 Å². The summed E-state index contributed by atoms with van der Waals surface area (Å²) >= 11 is 0. The number of rotatable bonds is 9. The van der Waals surface area contributed by atoms with Crippen LogP contribution in [0.5, 0.6) is 5.75 Å². The number of pyridine rings is 1. The molecule has 6 heteroatoms. The van der Waals surface area contributed by atoms with Crippen molar-refractivity contribution in [2.45, 2.75) is 39.8 Å². The van der Waals surface area contributed by atoms with Crippen LogP contribution in [0.1, 0.15) is 36.6 Å². The molecule has 0 unspecified atom stereocenters. The molecule has 1 aromatic heterocycles. The smallest absolute Gasteiger partial charge is 0.246 e. The van der Waals surface area contributed by atoms with E-state index in [0.29, 0.717) is 19.7 Å². The van der Waals surface area contributed by atoms with Crippen molar-refractivity contribution < 1.29 is 9.53 Å². The molecule has 0 bridgehead atoms. The minimum atomic E-state index is 0.110. The summed E-state index contributed by atoms with van der Waals surface area (Å²) in [7, 11) is 1.83. The second-order valence-electron chi connectivity index (χ2n) is 8.46. The van der Waals surface area contributed by atoms with Crippen LogP contribution in [0.3, 0.4) is 0 Å². The summed E-state index contributed by atoms with van der Waals surface area (Å²) in [4.78, 5) is 21.1. The largest absolute Gasteiger partial charge is 0.489 e. The molecule has 1 N–H and O–H groups in total. The van der Waals surface area contributed by atoms with Crippen LogP contribution >= 0.6 is 0 Å². The maximum Gasteiger partial charge on any atom is 0.246 e. The van der Waals surface area contributed by atoms with E-state index in [2.05, 4.69) is 47.5 Å². The first-order valence-electron chi connectivity index (χ1n) is 11.6. The van der Waals surface area contributed by atoms with E-state index in [1.807, 2.05) is 44.3 Å². The number of hydrogen-bond acceptors (Lipinski definition) is 5. The van der Waals surface area contributed by atoms with E-state index >= 15 is 0 Å². The van der Waals surface area contributed by atoms with Gasteiger partial charge in [-0.1, -0.05) is 55.8 Å². The first-order valence-corrected chi connectivity index (χ1v) is 11.6. The van der Waals surface area contributed by atoms with Crippen molar-refractivity contribution in [2.24, 2.45) is 0 Å². The van der Waals surface area contributed by atoms with Crippen molar-refractivity contribution in [3.63, 3.8) is 0 Å². The van der Waals surface area contributed by atoms with Crippen molar-refractivity contribution in [1.29, 1.82) is 0 Å². The average Bonchev–Trinajstić information content (AvgIpc) is 2.84. The monoisotopic (exact) mass is 444 g/mol. The Morgan fingerprint density at radius 1 is 1.06 bits per heavy atom. The summed E-state index contributed by atoms with van der Waals surface area (Å²) in [5, 5.41) is 3.45. The van der Waals surface area contributed by atoms with E-state index in [1.54, 1.807) is 4.90 Å². The minimum Gasteiger partial charge on any atom is -0.489 e. The number of fused-ring (bicyclic) bond motifs is 1. The maximum atomic E-state index is 12.5. The summed E-state index contributed by atoms with van der Waals surface area (Å²) in [6.07, 6.45) is 2.15. The minimum absolute atomic E-state index is 0.110. The molecule has 1 aliphatic rings. The Kier molecular flexibility index (Phi) is 7.13. The average molecular weight is 445 g/mol. The third kappa shape index (κ3) is 5.45. The fraction of sp³-hybridized carbons (Fsp3) is 0.333. The molecule has 0 radical (unpaired) electrons. The molecule has 6 nitrogen and oxygen atoms in total. The van der Waals surface area contributed by atoms with E-state index in [9.17, 15) is 4.79 Å². The van der Waals surface area contributed by atoms with Gasteiger partial charge in [-0.05, 0) is 36.6 Å². The van der Waals surface area contributed by atoms with Gasteiger partial charge in [-0.3, -0.25) is 4.79 Å². The van der Waals surface area contributed by atoms with Gasteiger partial charge >= 0.3 is 0 Å². The number of aryl methyl sites for hydroxylation is 1. The third-order valence-electron chi connectivity index (χ3n) is 5.95. The van der Waals surface area contributed by atoms with E-state index < -0.39 is 0 Å². The summed E-state index contributed by atoms with van der Waals surface area (Å²) < 4.78 is 5.88. The quantitative estimate of drug-likeness (QED) is 0.494. The molecule has 1 amide bonds. The van der Waals surface area contributed by atoms with Crippen LogP contribution in [0.2, 0.25) is 0 Å². The topological polar surface area (TPSA) is 57.7 Å². The molecule has 0 fully saturated rings. The molecular weight excluding hydrogens is 412 g/mol. The molecular formula is C27H32N4O2. The Morgan fingerprint density at radius 3 is 2.55 bits per heavy atom. The van der Waals surface area contributed by atoms with Crippen molar-refractivity contribution in [3.8, 4) is 5.75 Å². The van der Waals surface area contributed by atoms with Crippen LogP contribution in [-0.2, 0) is 17.9 Å². The van der Waals surface area contributed by atoms with E-state index in [1.165, 1.54) is 0 Å². The molecule has 2 aromatic carbocycles. The zero-order chi connectivity index (χ0) is 23.2. The fourth-order valence-electron chi connectivity index (χ4n) is 4.06. The number of hydrogen-bond donors (Lipinski definition) is 1. The number of aromatic nitrogens is 1. The lowest BCUT2D eigenvalue weighted by molar-refractivity contribution is -0.117. The molecule has 4 rings (SSSR count). The number of likely N-dealkylation sites (N-methyl/N-ethyl adjacent to an activating group) is 1. The number of anilines is 3. The molecule has 172 valence electrons. The highest BCUT2D eigenvalue weighted by molar-refractivity contribution is 6.03. The molecule has 0 spiro atoms. The number of nitrogens with one attached hydrogen (secondary N) is 1. The number of carbonyl (C=O) groups excluding carboxylic acids is 1. The lowest BCUT2D eigenvalue weighted by Crippen LogP contribution is -2.44. The SMILES string of the molecule is CCCCN1CC(=O)N(C)c2c1cc(NCc1ccc(OCc3ccccc3)cc1)nc2C. The highest BCUT2D eigenvalue weighted by Crippen LogP contribution is 2.37. The summed E-state index contributed by atoms with van der Waals surface area (Å²) in [5.41, 5.74) is 5.14. The fourth-order valence-corrected chi connectivity index (χ4v) is 4.06. The van der Waals surface area contributed by atoms with Gasteiger partial charge in [-0.2, -0.15) is 0 Å². The van der Waals surface area contributed by atoms with Crippen molar-refractivity contribution in [2.75, 3.05) is 35.3 Å². The number of nitrogens with zero attached hydrogens (tertiary/aromatic N) is 3. The highest BCUT2D eigenvalue weighted by atomic mass is 16.5. The van der Waals surface area contributed by atoms with Crippen molar-refractivity contribution >= 4 is 23.1 Å². The Bertz CT molecular complexity index is 1080. The summed E-state index contributed by atoms with van der Waals surface area (Å²) in [5.74, 6) is 1.78. The van der Waals surface area contributed by atoms with Crippen LogP contribution < -0.4 is 19.9 Å². The van der Waals surface area contributed by atoms with Gasteiger partial charge in [-0.25, -0.2) is 4.98 Å². The first-order chi connectivity index (χ1) is 16.0. The standard InChI is InChI=1S/C27H32N4O2/c1-4-5-15-31-18-26(32)30(3)27-20(2)29-25(16-24(27)31)28-17-21-11-13-23(14-12-21)33-19-22-9-7-6-8-10-22/h6-14,16H,4-5,15,17-19H2,1-3H3,(H,28,29). The second kappa shape index (κ2) is 10.4. The number of ether oxygens (including phenoxy) is 1. The molecule has 0 aliphatic carbocycles. The van der Waals surface area contributed by atoms with Gasteiger partial charge in [-0.15, -0.1) is 0 Å². The van der Waals surface area contributed by atoms with Crippen molar-refractivity contribution in [3.05, 3.63) is 77.5 Å². The van der Waals surface area contributed by atoms with Crippen LogP contribution in [-0.4, -0.2) is 31.0 Å². The zero-order valence-electron chi connectivity index (χ0n) is 19.7. The third-order valence-corrected chi connectivity index (χ3v) is 5.95. The van der Waals surface area contributed by atoms with E-state index in [-0.39, 0.29) is 5.91 Å². The van der Waals surface area contributed by atoms with Gasteiger partial charge in [0.15, 0.2) is 0 Å². The Labute approximate surface area is 196 Å².